The number of alkyl halides is 3. The summed E-state index contributed by atoms with van der Waals surface area (Å²) in [4.78, 5) is 3.93. The second-order valence-corrected chi connectivity index (χ2v) is 4.01. The van der Waals surface area contributed by atoms with E-state index in [0.717, 1.165) is 6.07 Å². The number of halogens is 3. The highest BCUT2D eigenvalue weighted by atomic mass is 19.4. The molecule has 2 rings (SSSR count). The standard InChI is InChI=1S/C15H9F3N2/c1-3-11-4-5-12(13(10-11)15(16,17)18)6-7-14-19-8-9-20(14)2/h1,4-5,8-10H,2H3. The van der Waals surface area contributed by atoms with Crippen molar-refractivity contribution in [1.82, 2.24) is 9.55 Å². The number of benzene rings is 1. The van der Waals surface area contributed by atoms with Gasteiger partial charge in [0.15, 0.2) is 5.82 Å². The lowest BCUT2D eigenvalue weighted by molar-refractivity contribution is -0.137. The highest BCUT2D eigenvalue weighted by molar-refractivity contribution is 5.49. The van der Waals surface area contributed by atoms with E-state index in [4.69, 9.17) is 6.42 Å². The quantitative estimate of drug-likeness (QED) is 0.675. The van der Waals surface area contributed by atoms with Gasteiger partial charge in [-0.1, -0.05) is 11.8 Å². The molecule has 0 aliphatic heterocycles. The maximum Gasteiger partial charge on any atom is 0.417 e. The highest BCUT2D eigenvalue weighted by Gasteiger charge is 2.33. The van der Waals surface area contributed by atoms with Crippen LogP contribution in [0.15, 0.2) is 30.6 Å². The number of hydrogen-bond acceptors (Lipinski definition) is 1. The summed E-state index contributed by atoms with van der Waals surface area (Å²) in [6.45, 7) is 0. The Morgan fingerprint density at radius 3 is 2.55 bits per heavy atom. The van der Waals surface area contributed by atoms with Crippen molar-refractivity contribution in [1.29, 1.82) is 0 Å². The minimum absolute atomic E-state index is 0.125. The zero-order valence-electron chi connectivity index (χ0n) is 10.5. The minimum Gasteiger partial charge on any atom is -0.327 e. The molecule has 0 fully saturated rings. The van der Waals surface area contributed by atoms with E-state index in [1.807, 2.05) is 0 Å². The first-order chi connectivity index (χ1) is 9.41. The second-order valence-electron chi connectivity index (χ2n) is 4.01. The van der Waals surface area contributed by atoms with Crippen LogP contribution in [0.5, 0.6) is 0 Å². The van der Waals surface area contributed by atoms with Gasteiger partial charge < -0.3 is 4.57 Å². The van der Waals surface area contributed by atoms with Crippen molar-refractivity contribution in [3.63, 3.8) is 0 Å². The molecule has 0 radical (unpaired) electrons. The fraction of sp³-hybridized carbons (Fsp3) is 0.133. The zero-order chi connectivity index (χ0) is 14.8. The Bertz CT molecular complexity index is 737. The highest BCUT2D eigenvalue weighted by Crippen LogP contribution is 2.32. The number of terminal acetylenes is 1. The first-order valence-corrected chi connectivity index (χ1v) is 5.59. The van der Waals surface area contributed by atoms with Gasteiger partial charge in [-0.15, -0.1) is 6.42 Å². The van der Waals surface area contributed by atoms with Gasteiger partial charge in [-0.3, -0.25) is 0 Å². The lowest BCUT2D eigenvalue weighted by atomic mass is 10.0. The van der Waals surface area contributed by atoms with Crippen LogP contribution in [0, 0.1) is 24.2 Å². The average molecular weight is 274 g/mol. The molecule has 100 valence electrons. The molecule has 0 saturated heterocycles. The van der Waals surface area contributed by atoms with Crippen LogP contribution in [-0.4, -0.2) is 9.55 Å². The largest absolute Gasteiger partial charge is 0.417 e. The number of aryl methyl sites for hydroxylation is 1. The van der Waals surface area contributed by atoms with Crippen molar-refractivity contribution in [2.24, 2.45) is 7.05 Å². The van der Waals surface area contributed by atoms with Crippen molar-refractivity contribution in [3.05, 3.63) is 53.1 Å². The van der Waals surface area contributed by atoms with E-state index in [1.165, 1.54) is 18.3 Å². The summed E-state index contributed by atoms with van der Waals surface area (Å²) in [7, 11) is 1.71. The first kappa shape index (κ1) is 13.8. The Morgan fingerprint density at radius 2 is 2.00 bits per heavy atom. The molecule has 0 N–H and O–H groups in total. The maximum atomic E-state index is 13.0. The van der Waals surface area contributed by atoms with E-state index < -0.39 is 11.7 Å². The number of hydrogen-bond donors (Lipinski definition) is 0. The monoisotopic (exact) mass is 274 g/mol. The molecule has 0 aliphatic carbocycles. The summed E-state index contributed by atoms with van der Waals surface area (Å²) in [6.07, 6.45) is 3.80. The Labute approximate surface area is 114 Å². The van der Waals surface area contributed by atoms with Gasteiger partial charge in [0, 0.05) is 30.6 Å². The summed E-state index contributed by atoms with van der Waals surface area (Å²) in [5, 5.41) is 0. The molecule has 0 unspecified atom stereocenters. The van der Waals surface area contributed by atoms with Crippen LogP contribution in [0.25, 0.3) is 0 Å². The summed E-state index contributed by atoms with van der Waals surface area (Å²) in [5.41, 5.74) is -0.797. The van der Waals surface area contributed by atoms with Crippen molar-refractivity contribution >= 4 is 0 Å². The Hall–Kier alpha value is -2.66. The lowest BCUT2D eigenvalue weighted by Crippen LogP contribution is -2.08. The predicted octanol–water partition coefficient (Wildman–Crippen LogP) is 2.82. The van der Waals surface area contributed by atoms with Gasteiger partial charge in [0.2, 0.25) is 0 Å². The van der Waals surface area contributed by atoms with Crippen LogP contribution in [0.2, 0.25) is 0 Å². The molecule has 20 heavy (non-hydrogen) atoms. The molecular weight excluding hydrogens is 265 g/mol. The molecule has 0 amide bonds. The van der Waals surface area contributed by atoms with E-state index in [-0.39, 0.29) is 11.1 Å². The minimum atomic E-state index is -4.50. The molecular formula is C15H9F3N2. The molecule has 0 spiro atoms. The van der Waals surface area contributed by atoms with Gasteiger partial charge in [0.25, 0.3) is 0 Å². The van der Waals surface area contributed by atoms with Gasteiger partial charge in [0.05, 0.1) is 5.56 Å². The molecule has 0 atom stereocenters. The Kier molecular flexibility index (Phi) is 3.54. The van der Waals surface area contributed by atoms with Gasteiger partial charge in [0.1, 0.15) is 0 Å². The van der Waals surface area contributed by atoms with Crippen LogP contribution in [0.1, 0.15) is 22.5 Å². The fourth-order valence-electron chi connectivity index (χ4n) is 1.59. The molecule has 2 nitrogen and oxygen atoms in total. The van der Waals surface area contributed by atoms with Gasteiger partial charge >= 0.3 is 6.18 Å². The molecule has 1 heterocycles. The van der Waals surface area contributed by atoms with Crippen LogP contribution in [-0.2, 0) is 13.2 Å². The molecule has 1 aromatic heterocycles. The van der Waals surface area contributed by atoms with E-state index in [9.17, 15) is 13.2 Å². The average Bonchev–Trinajstić information content (AvgIpc) is 2.80. The van der Waals surface area contributed by atoms with Gasteiger partial charge in [-0.2, -0.15) is 13.2 Å². The molecule has 1 aromatic carbocycles. The second kappa shape index (κ2) is 5.14. The zero-order valence-corrected chi connectivity index (χ0v) is 10.5. The molecule has 0 bridgehead atoms. The van der Waals surface area contributed by atoms with E-state index in [0.29, 0.717) is 5.82 Å². The van der Waals surface area contributed by atoms with E-state index in [1.54, 1.807) is 17.8 Å². The van der Waals surface area contributed by atoms with E-state index in [2.05, 4.69) is 22.7 Å². The molecule has 5 heteroatoms. The fourth-order valence-corrected chi connectivity index (χ4v) is 1.59. The summed E-state index contributed by atoms with van der Waals surface area (Å²) in [6, 6.07) is 3.62. The van der Waals surface area contributed by atoms with Crippen molar-refractivity contribution in [3.8, 4) is 24.2 Å². The third-order valence-electron chi connectivity index (χ3n) is 2.62. The smallest absolute Gasteiger partial charge is 0.327 e. The van der Waals surface area contributed by atoms with Gasteiger partial charge in [-0.05, 0) is 24.1 Å². The van der Waals surface area contributed by atoms with Crippen molar-refractivity contribution in [2.75, 3.05) is 0 Å². The Morgan fingerprint density at radius 1 is 1.25 bits per heavy atom. The first-order valence-electron chi connectivity index (χ1n) is 5.59. The van der Waals surface area contributed by atoms with Crippen molar-refractivity contribution in [2.45, 2.75) is 6.18 Å². The van der Waals surface area contributed by atoms with Crippen LogP contribution < -0.4 is 0 Å². The lowest BCUT2D eigenvalue weighted by Gasteiger charge is -2.09. The summed E-state index contributed by atoms with van der Waals surface area (Å²) < 4.78 is 40.5. The third kappa shape index (κ3) is 2.84. The van der Waals surface area contributed by atoms with Crippen LogP contribution in [0.4, 0.5) is 13.2 Å². The molecule has 2 aromatic rings. The number of aromatic nitrogens is 2. The van der Waals surface area contributed by atoms with E-state index >= 15 is 0 Å². The molecule has 0 saturated carbocycles. The SMILES string of the molecule is C#Cc1ccc(C#Cc2nccn2C)c(C(F)(F)F)c1. The Balaban J connectivity index is 2.51. The number of imidazole rings is 1. The normalized spacial score (nSPS) is 10.6. The maximum absolute atomic E-state index is 13.0. The summed E-state index contributed by atoms with van der Waals surface area (Å²) in [5.74, 6) is 7.67. The topological polar surface area (TPSA) is 17.8 Å². The summed E-state index contributed by atoms with van der Waals surface area (Å²) >= 11 is 0. The number of nitrogens with zero attached hydrogens (tertiary/aromatic N) is 2. The number of rotatable bonds is 0. The van der Waals surface area contributed by atoms with Crippen LogP contribution >= 0.6 is 0 Å². The third-order valence-corrected chi connectivity index (χ3v) is 2.62. The molecule has 0 aliphatic rings. The van der Waals surface area contributed by atoms with Crippen molar-refractivity contribution < 1.29 is 13.2 Å². The van der Waals surface area contributed by atoms with Gasteiger partial charge in [-0.25, -0.2) is 4.98 Å². The van der Waals surface area contributed by atoms with Crippen LogP contribution in [0.3, 0.4) is 0 Å². The predicted molar refractivity (Wildman–Crippen MR) is 68.6 cm³/mol.